The van der Waals surface area contributed by atoms with E-state index in [-0.39, 0.29) is 28.4 Å². The van der Waals surface area contributed by atoms with Crippen LogP contribution in [0.1, 0.15) is 78.6 Å². The van der Waals surface area contributed by atoms with E-state index in [9.17, 15) is 19.5 Å². The third-order valence-electron chi connectivity index (χ3n) is 7.26. The van der Waals surface area contributed by atoms with Crippen molar-refractivity contribution in [3.8, 4) is 17.2 Å². The molecule has 0 unspecified atom stereocenters. The minimum absolute atomic E-state index is 0.00152. The second kappa shape index (κ2) is 12.0. The number of unbranched alkanes of at least 4 members (excludes halogenated alkanes) is 1. The van der Waals surface area contributed by atoms with Crippen LogP contribution in [0.25, 0.3) is 5.76 Å². The Bertz CT molecular complexity index is 1590. The predicted molar refractivity (Wildman–Crippen MR) is 160 cm³/mol. The predicted octanol–water partition coefficient (Wildman–Crippen LogP) is 6.18. The number of fused-ring (bicyclic) bond motifs is 1. The van der Waals surface area contributed by atoms with Gasteiger partial charge in [0.05, 0.1) is 35.4 Å². The number of hydrogen-bond acceptors (Lipinski definition) is 9. The maximum atomic E-state index is 13.7. The van der Waals surface area contributed by atoms with Gasteiger partial charge in [-0.05, 0) is 68.7 Å². The van der Waals surface area contributed by atoms with Crippen LogP contribution in [-0.4, -0.2) is 46.9 Å². The molecule has 2 aliphatic rings. The summed E-state index contributed by atoms with van der Waals surface area (Å²) < 4.78 is 17.6. The summed E-state index contributed by atoms with van der Waals surface area (Å²) in [5.41, 5.74) is 2.22. The number of amides is 1. The van der Waals surface area contributed by atoms with E-state index in [0.717, 1.165) is 35.5 Å². The number of aryl methyl sites for hydroxylation is 1. The first kappa shape index (κ1) is 29.3. The summed E-state index contributed by atoms with van der Waals surface area (Å²) in [6, 6.07) is 9.43. The Hall–Kier alpha value is -4.18. The van der Waals surface area contributed by atoms with Gasteiger partial charge in [0.2, 0.25) is 0 Å². The molecule has 3 heterocycles. The van der Waals surface area contributed by atoms with Gasteiger partial charge in [-0.15, -0.1) is 0 Å². The number of nitrogens with zero attached hydrogens (tertiary/aromatic N) is 2. The maximum absolute atomic E-state index is 13.7. The summed E-state index contributed by atoms with van der Waals surface area (Å²) in [5.74, 6) is -0.449. The number of carbonyl (C=O) groups excluding carboxylic acids is 3. The maximum Gasteiger partial charge on any atom is 0.301 e. The van der Waals surface area contributed by atoms with Gasteiger partial charge in [0.25, 0.3) is 5.78 Å². The molecule has 220 valence electrons. The first-order valence-electron chi connectivity index (χ1n) is 14.1. The molecule has 10 heteroatoms. The summed E-state index contributed by atoms with van der Waals surface area (Å²) in [6.07, 6.45) is 2.51. The molecule has 1 amide bonds. The van der Waals surface area contributed by atoms with Crippen LogP contribution in [0.3, 0.4) is 0 Å². The Balaban J connectivity index is 1.68. The molecule has 2 aliphatic heterocycles. The van der Waals surface area contributed by atoms with E-state index in [1.807, 2.05) is 13.8 Å². The average molecular weight is 591 g/mol. The fourth-order valence-corrected chi connectivity index (χ4v) is 6.28. The van der Waals surface area contributed by atoms with Gasteiger partial charge in [-0.3, -0.25) is 19.3 Å². The molecule has 0 aliphatic carbocycles. The molecule has 2 atom stereocenters. The molecule has 5 rings (SSSR count). The van der Waals surface area contributed by atoms with E-state index < -0.39 is 17.7 Å². The van der Waals surface area contributed by atoms with Crippen LogP contribution in [0.2, 0.25) is 0 Å². The Labute approximate surface area is 248 Å². The van der Waals surface area contributed by atoms with Gasteiger partial charge >= 0.3 is 5.91 Å². The summed E-state index contributed by atoms with van der Waals surface area (Å²) in [4.78, 5) is 45.7. The van der Waals surface area contributed by atoms with Crippen LogP contribution < -0.4 is 19.1 Å². The summed E-state index contributed by atoms with van der Waals surface area (Å²) in [6.45, 7) is 9.89. The van der Waals surface area contributed by atoms with Crippen molar-refractivity contribution in [2.24, 2.45) is 0 Å². The second-order valence-corrected chi connectivity index (χ2v) is 11.4. The molecular formula is C32H34N2O7S. The number of ketones is 2. The molecule has 3 aromatic rings. The first-order chi connectivity index (χ1) is 20.1. The number of carbonyl (C=O) groups is 3. The van der Waals surface area contributed by atoms with Crippen molar-refractivity contribution < 1.29 is 33.7 Å². The molecule has 1 saturated heterocycles. The number of hydrogen-bond donors (Lipinski definition) is 1. The first-order valence-corrected chi connectivity index (χ1v) is 14.9. The Morgan fingerprint density at radius 2 is 1.93 bits per heavy atom. The Kier molecular flexibility index (Phi) is 8.36. The van der Waals surface area contributed by atoms with Crippen LogP contribution >= 0.6 is 11.3 Å². The zero-order chi connectivity index (χ0) is 30.1. The van der Waals surface area contributed by atoms with Crippen LogP contribution in [0.5, 0.6) is 17.2 Å². The van der Waals surface area contributed by atoms with E-state index in [2.05, 4.69) is 11.9 Å². The quantitative estimate of drug-likeness (QED) is 0.0979. The van der Waals surface area contributed by atoms with Gasteiger partial charge in [0, 0.05) is 18.9 Å². The van der Waals surface area contributed by atoms with Gasteiger partial charge in [-0.1, -0.05) is 30.7 Å². The molecule has 0 saturated carbocycles. The zero-order valence-corrected chi connectivity index (χ0v) is 25.2. The topological polar surface area (TPSA) is 115 Å². The largest absolute Gasteiger partial charge is 0.507 e. The van der Waals surface area contributed by atoms with Gasteiger partial charge < -0.3 is 19.3 Å². The summed E-state index contributed by atoms with van der Waals surface area (Å²) in [5, 5.41) is 11.8. The van der Waals surface area contributed by atoms with Crippen LogP contribution in [0.4, 0.5) is 5.13 Å². The van der Waals surface area contributed by atoms with Crippen molar-refractivity contribution in [3.63, 3.8) is 0 Å². The minimum atomic E-state index is -1.03. The Morgan fingerprint density at radius 3 is 2.62 bits per heavy atom. The minimum Gasteiger partial charge on any atom is -0.507 e. The molecule has 0 bridgehead atoms. The SMILES string of the molecule is CCCCOc1ccc([C@H]2C(=C(O)c3ccc4c(c3)C[C@H](C)O4)C(=O)C(=O)N2c2nc(C)c(C(C)=O)s2)cc1OCC. The smallest absolute Gasteiger partial charge is 0.301 e. The number of aliphatic hydroxyl groups excluding tert-OH is 1. The van der Waals surface area contributed by atoms with Gasteiger partial charge in [-0.25, -0.2) is 4.98 Å². The summed E-state index contributed by atoms with van der Waals surface area (Å²) >= 11 is 1.04. The van der Waals surface area contributed by atoms with Crippen molar-refractivity contribution in [1.82, 2.24) is 4.98 Å². The van der Waals surface area contributed by atoms with E-state index in [1.165, 1.54) is 11.8 Å². The number of anilines is 1. The molecule has 1 aromatic heterocycles. The third-order valence-corrected chi connectivity index (χ3v) is 8.52. The van der Waals surface area contributed by atoms with E-state index in [1.54, 1.807) is 43.3 Å². The molecular weight excluding hydrogens is 556 g/mol. The lowest BCUT2D eigenvalue weighted by atomic mass is 9.94. The molecule has 9 nitrogen and oxygen atoms in total. The number of benzene rings is 2. The highest BCUT2D eigenvalue weighted by molar-refractivity contribution is 7.18. The van der Waals surface area contributed by atoms with Crippen molar-refractivity contribution in [1.29, 1.82) is 0 Å². The lowest BCUT2D eigenvalue weighted by Gasteiger charge is -2.24. The van der Waals surface area contributed by atoms with Crippen molar-refractivity contribution >= 4 is 39.7 Å². The number of Topliss-reactive ketones (excluding diaryl/α,β-unsaturated/α-hetero) is 2. The molecule has 0 radical (unpaired) electrons. The number of aliphatic hydroxyl groups is 1. The van der Waals surface area contributed by atoms with Crippen molar-refractivity contribution in [2.45, 2.75) is 66.0 Å². The third kappa shape index (κ3) is 5.38. The van der Waals surface area contributed by atoms with E-state index >= 15 is 0 Å². The molecule has 42 heavy (non-hydrogen) atoms. The van der Waals surface area contributed by atoms with Gasteiger partial charge in [0.1, 0.15) is 17.6 Å². The second-order valence-electron chi connectivity index (χ2n) is 10.4. The lowest BCUT2D eigenvalue weighted by Crippen LogP contribution is -2.29. The average Bonchev–Trinajstić information content (AvgIpc) is 3.61. The van der Waals surface area contributed by atoms with E-state index in [0.29, 0.717) is 52.8 Å². The molecule has 1 fully saturated rings. The normalized spacial score (nSPS) is 19.1. The fraction of sp³-hybridized carbons (Fsp3) is 0.375. The molecule has 1 N–H and O–H groups in total. The number of aromatic nitrogens is 1. The van der Waals surface area contributed by atoms with Crippen molar-refractivity contribution in [2.75, 3.05) is 18.1 Å². The van der Waals surface area contributed by atoms with Crippen molar-refractivity contribution in [3.05, 3.63) is 69.2 Å². The zero-order valence-electron chi connectivity index (χ0n) is 24.4. The van der Waals surface area contributed by atoms with E-state index in [4.69, 9.17) is 14.2 Å². The monoisotopic (exact) mass is 590 g/mol. The Morgan fingerprint density at radius 1 is 1.14 bits per heavy atom. The highest BCUT2D eigenvalue weighted by Gasteiger charge is 2.48. The summed E-state index contributed by atoms with van der Waals surface area (Å²) in [7, 11) is 0. The van der Waals surface area contributed by atoms with Crippen LogP contribution in [0.15, 0.2) is 42.0 Å². The lowest BCUT2D eigenvalue weighted by molar-refractivity contribution is -0.132. The number of thiazole rings is 1. The number of rotatable bonds is 10. The highest BCUT2D eigenvalue weighted by Crippen LogP contribution is 2.46. The highest BCUT2D eigenvalue weighted by atomic mass is 32.1. The molecule has 2 aromatic carbocycles. The fourth-order valence-electron chi connectivity index (χ4n) is 5.29. The molecule has 0 spiro atoms. The number of ether oxygens (including phenoxy) is 3. The van der Waals surface area contributed by atoms with Crippen LogP contribution in [-0.2, 0) is 16.0 Å². The standard InChI is InChI=1S/C32H34N2O7S/c1-6-8-13-40-24-12-9-20(16-25(24)39-7-2)27-26(28(36)21-10-11-23-22(15-21)14-17(3)41-23)29(37)31(38)34(27)32-33-18(4)30(42-32)19(5)35/h9-12,15-17,27,36H,6-8,13-14H2,1-5H3/t17-,27-/m0/s1. The van der Waals surface area contributed by atoms with Gasteiger partial charge in [0.15, 0.2) is 22.4 Å². The van der Waals surface area contributed by atoms with Gasteiger partial charge in [-0.2, -0.15) is 0 Å². The van der Waals surface area contributed by atoms with Crippen LogP contribution in [0, 0.1) is 6.92 Å².